The molecule has 0 aliphatic heterocycles. The van der Waals surface area contributed by atoms with Crippen molar-refractivity contribution in [2.45, 2.75) is 25.0 Å². The minimum absolute atomic E-state index is 0.0422. The molecule has 0 saturated heterocycles. The fourth-order valence-corrected chi connectivity index (χ4v) is 3.02. The number of amidine groups is 1. The predicted molar refractivity (Wildman–Crippen MR) is 97.8 cm³/mol. The molecule has 0 fully saturated rings. The van der Waals surface area contributed by atoms with Crippen molar-refractivity contribution in [3.63, 3.8) is 0 Å². The van der Waals surface area contributed by atoms with E-state index in [1.807, 2.05) is 0 Å². The van der Waals surface area contributed by atoms with Gasteiger partial charge in [0.05, 0.1) is 25.3 Å². The first-order valence-corrected chi connectivity index (χ1v) is 8.91. The van der Waals surface area contributed by atoms with E-state index in [-0.39, 0.29) is 42.3 Å². The second-order valence-corrected chi connectivity index (χ2v) is 6.48. The van der Waals surface area contributed by atoms with E-state index < -0.39 is 18.6 Å². The zero-order chi connectivity index (χ0) is 20.8. The van der Waals surface area contributed by atoms with E-state index in [0.717, 1.165) is 17.5 Å². The number of halogens is 1. The molecule has 0 bridgehead atoms. The van der Waals surface area contributed by atoms with Crippen molar-refractivity contribution >= 4 is 17.6 Å². The van der Waals surface area contributed by atoms with Crippen LogP contribution in [0.5, 0.6) is 0 Å². The molecule has 1 amide bonds. The number of aliphatic hydroxyl groups excluding tert-OH is 2. The maximum Gasteiger partial charge on any atom is 0.239 e. The quantitative estimate of drug-likeness (QED) is 0.146. The lowest BCUT2D eigenvalue weighted by atomic mass is 10.1. The van der Waals surface area contributed by atoms with Crippen LogP contribution < -0.4 is 16.0 Å². The number of carbonyl (C=O) groups is 1. The van der Waals surface area contributed by atoms with Gasteiger partial charge in [-0.15, -0.1) is 0 Å². The Balaban J connectivity index is 1.63. The second-order valence-electron chi connectivity index (χ2n) is 6.48. The number of benzene rings is 1. The minimum atomic E-state index is -1.06. The summed E-state index contributed by atoms with van der Waals surface area (Å²) in [4.78, 5) is 11.8. The number of nitrogens with zero attached hydrogens (tertiary/aromatic N) is 3. The summed E-state index contributed by atoms with van der Waals surface area (Å²) in [6.45, 7) is -0.805. The molecular formula is C17H21FN6O5. The largest absolute Gasteiger partial charge is 0.409 e. The highest BCUT2D eigenvalue weighted by Crippen LogP contribution is 2.32. The molecule has 0 spiro atoms. The molecule has 156 valence electrons. The molecule has 6 N–H and O–H groups in total. The van der Waals surface area contributed by atoms with Gasteiger partial charge in [-0.2, -0.15) is 0 Å². The third-order valence-corrected chi connectivity index (χ3v) is 4.47. The molecule has 11 nitrogen and oxygen atoms in total. The molecular weight excluding hydrogens is 387 g/mol. The molecule has 1 heterocycles. The Morgan fingerprint density at radius 3 is 3.00 bits per heavy atom. The summed E-state index contributed by atoms with van der Waals surface area (Å²) in [7, 11) is 0. The maximum atomic E-state index is 13.6. The lowest BCUT2D eigenvalue weighted by molar-refractivity contribution is -0.119. The first-order chi connectivity index (χ1) is 14.0. The van der Waals surface area contributed by atoms with Gasteiger partial charge < -0.3 is 31.4 Å². The molecule has 1 aromatic carbocycles. The molecule has 1 aliphatic carbocycles. The van der Waals surface area contributed by atoms with Crippen LogP contribution in [0.4, 0.5) is 10.2 Å². The van der Waals surface area contributed by atoms with E-state index in [9.17, 15) is 19.5 Å². The Kier molecular flexibility index (Phi) is 6.57. The van der Waals surface area contributed by atoms with Crippen LogP contribution in [-0.2, 0) is 11.2 Å². The van der Waals surface area contributed by atoms with E-state index >= 15 is 0 Å². The topological polar surface area (TPSA) is 165 Å². The zero-order valence-corrected chi connectivity index (χ0v) is 15.3. The zero-order valence-electron chi connectivity index (χ0n) is 15.3. The highest BCUT2D eigenvalue weighted by Gasteiger charge is 2.27. The number of aliphatic hydroxyl groups is 2. The summed E-state index contributed by atoms with van der Waals surface area (Å²) in [5.41, 5.74) is 1.80. The molecule has 1 unspecified atom stereocenters. The van der Waals surface area contributed by atoms with Crippen LogP contribution >= 0.6 is 0 Å². The van der Waals surface area contributed by atoms with E-state index in [4.69, 9.17) is 5.11 Å². The Morgan fingerprint density at radius 1 is 1.41 bits per heavy atom. The summed E-state index contributed by atoms with van der Waals surface area (Å²) in [5, 5.41) is 46.0. The van der Waals surface area contributed by atoms with Crippen molar-refractivity contribution in [3.8, 4) is 0 Å². The minimum Gasteiger partial charge on any atom is -0.409 e. The van der Waals surface area contributed by atoms with Crippen molar-refractivity contribution in [3.05, 3.63) is 40.8 Å². The van der Waals surface area contributed by atoms with Gasteiger partial charge in [0, 0.05) is 6.54 Å². The highest BCUT2D eigenvalue weighted by atomic mass is 19.1. The molecule has 0 saturated carbocycles. The van der Waals surface area contributed by atoms with E-state index in [2.05, 4.69) is 36.0 Å². The van der Waals surface area contributed by atoms with E-state index in [1.165, 1.54) is 12.1 Å². The van der Waals surface area contributed by atoms with Crippen molar-refractivity contribution in [1.82, 2.24) is 20.9 Å². The molecule has 12 heteroatoms. The average molecular weight is 408 g/mol. The van der Waals surface area contributed by atoms with Gasteiger partial charge in [-0.25, -0.2) is 9.02 Å². The van der Waals surface area contributed by atoms with Gasteiger partial charge in [-0.1, -0.05) is 11.2 Å². The lowest BCUT2D eigenvalue weighted by Crippen LogP contribution is -2.37. The number of oxime groups is 1. The third-order valence-electron chi connectivity index (χ3n) is 4.47. The van der Waals surface area contributed by atoms with Gasteiger partial charge in [0.15, 0.2) is 11.5 Å². The average Bonchev–Trinajstić information content (AvgIpc) is 3.35. The maximum absolute atomic E-state index is 13.6. The van der Waals surface area contributed by atoms with Gasteiger partial charge >= 0.3 is 0 Å². The van der Waals surface area contributed by atoms with Crippen molar-refractivity contribution in [2.24, 2.45) is 5.16 Å². The number of aryl methyl sites for hydroxylation is 1. The monoisotopic (exact) mass is 408 g/mol. The van der Waals surface area contributed by atoms with Crippen LogP contribution in [0, 0.1) is 5.82 Å². The first kappa shape index (κ1) is 20.5. The standard InChI is InChI=1S/C17H21FN6O5/c18-10-3-1-9-2-4-13(12(9)5-10)21-17(22-28)15-16(24-29-23-15)20-7-14(27)19-6-11(26)8-25/h1,3,5,11,13,25-26,28H,2,4,6-8H2,(H,19,27)(H,20,24)(H,21,22)/t11?,13-/m0/s1. The molecule has 0 radical (unpaired) electrons. The number of hydrogen-bond acceptors (Lipinski definition) is 9. The number of amides is 1. The van der Waals surface area contributed by atoms with Crippen molar-refractivity contribution in [2.75, 3.05) is 25.0 Å². The molecule has 1 aromatic heterocycles. The highest BCUT2D eigenvalue weighted by molar-refractivity contribution is 6.01. The van der Waals surface area contributed by atoms with Crippen LogP contribution in [0.1, 0.15) is 29.3 Å². The van der Waals surface area contributed by atoms with Gasteiger partial charge in [0.1, 0.15) is 5.82 Å². The molecule has 1 aliphatic rings. The van der Waals surface area contributed by atoms with Gasteiger partial charge in [-0.3, -0.25) is 4.79 Å². The number of carbonyl (C=O) groups excluding carboxylic acids is 1. The van der Waals surface area contributed by atoms with Crippen LogP contribution in [-0.4, -0.2) is 63.3 Å². The summed E-state index contributed by atoms with van der Waals surface area (Å²) < 4.78 is 18.3. The van der Waals surface area contributed by atoms with E-state index in [0.29, 0.717) is 6.42 Å². The first-order valence-electron chi connectivity index (χ1n) is 8.91. The van der Waals surface area contributed by atoms with Crippen LogP contribution in [0.15, 0.2) is 28.0 Å². The Bertz CT molecular complexity index is 889. The normalized spacial score (nSPS) is 16.9. The summed E-state index contributed by atoms with van der Waals surface area (Å²) >= 11 is 0. The van der Waals surface area contributed by atoms with E-state index in [1.54, 1.807) is 6.07 Å². The van der Waals surface area contributed by atoms with Crippen molar-refractivity contribution in [1.29, 1.82) is 0 Å². The fraction of sp³-hybridized carbons (Fsp3) is 0.412. The summed E-state index contributed by atoms with van der Waals surface area (Å²) in [6, 6.07) is 4.26. The number of hydrogen-bond donors (Lipinski definition) is 6. The number of nitrogens with one attached hydrogen (secondary N) is 3. The van der Waals surface area contributed by atoms with Crippen molar-refractivity contribution < 1.29 is 29.2 Å². The number of rotatable bonds is 8. The molecule has 2 atom stereocenters. The molecule has 2 aromatic rings. The number of aromatic nitrogens is 2. The summed E-state index contributed by atoms with van der Waals surface area (Å²) in [6.07, 6.45) is 0.356. The lowest BCUT2D eigenvalue weighted by Gasteiger charge is -2.15. The Labute approximate surface area is 164 Å². The van der Waals surface area contributed by atoms with Gasteiger partial charge in [-0.05, 0) is 46.4 Å². The predicted octanol–water partition coefficient (Wildman–Crippen LogP) is -0.497. The number of anilines is 1. The van der Waals surface area contributed by atoms with Crippen LogP contribution in [0.3, 0.4) is 0 Å². The Hall–Kier alpha value is -3.25. The summed E-state index contributed by atoms with van der Waals surface area (Å²) in [5.74, 6) is -0.822. The SMILES string of the molecule is O=C(CNc1nonc1/C(=N/O)N[C@H]1CCc2ccc(F)cc21)NCC(O)CO. The molecule has 3 rings (SSSR count). The van der Waals surface area contributed by atoms with Gasteiger partial charge in [0.25, 0.3) is 0 Å². The number of fused-ring (bicyclic) bond motifs is 1. The smallest absolute Gasteiger partial charge is 0.239 e. The second kappa shape index (κ2) is 9.30. The fourth-order valence-electron chi connectivity index (χ4n) is 3.02. The third kappa shape index (κ3) is 4.97. The Morgan fingerprint density at radius 2 is 2.24 bits per heavy atom. The van der Waals surface area contributed by atoms with Crippen LogP contribution in [0.2, 0.25) is 0 Å². The molecule has 29 heavy (non-hydrogen) atoms. The van der Waals surface area contributed by atoms with Gasteiger partial charge in [0.2, 0.25) is 11.7 Å². The van der Waals surface area contributed by atoms with Crippen LogP contribution in [0.25, 0.3) is 0 Å².